The van der Waals surface area contributed by atoms with E-state index in [1.807, 2.05) is 5.40 Å². The number of hydrogen-bond acceptors (Lipinski definition) is 5. The lowest BCUT2D eigenvalue weighted by atomic mass is 9.64. The van der Waals surface area contributed by atoms with E-state index >= 15 is 0 Å². The molecular weight excluding hydrogens is 324 g/mol. The Morgan fingerprint density at radius 3 is 2.75 bits per heavy atom. The van der Waals surface area contributed by atoms with Crippen molar-refractivity contribution in [1.82, 2.24) is 5.48 Å². The van der Waals surface area contributed by atoms with Crippen molar-refractivity contribution in [3.8, 4) is 5.40 Å². The van der Waals surface area contributed by atoms with E-state index in [0.717, 1.165) is 31.0 Å². The van der Waals surface area contributed by atoms with Crippen molar-refractivity contribution in [3.63, 3.8) is 0 Å². The second-order valence-corrected chi connectivity index (χ2v) is 7.71. The molecule has 0 aromatic heterocycles. The van der Waals surface area contributed by atoms with E-state index < -0.39 is 5.97 Å². The fourth-order valence-electron chi connectivity index (χ4n) is 3.57. The molecule has 1 aliphatic rings. The highest BCUT2D eigenvalue weighted by molar-refractivity contribution is 8.03. The number of nitriles is 1. The predicted octanol–water partition coefficient (Wildman–Crippen LogP) is 3.91. The standard InChI is InChI=1S/C18H22N2O3S/c1-12-7-6-10-18(2,3)15(12)16(21)20-23-17(22)13-8-4-5-9-14(13)24-11-19/h4-5,8-9,12,15H,6-7,10H2,1-3H3,(H,20,21). The van der Waals surface area contributed by atoms with Gasteiger partial charge in [0.2, 0.25) is 0 Å². The smallest absolute Gasteiger partial charge is 0.335 e. The molecule has 1 N–H and O–H groups in total. The summed E-state index contributed by atoms with van der Waals surface area (Å²) >= 11 is 0.885. The largest absolute Gasteiger partial charge is 0.364 e. The number of thioether (sulfide) groups is 1. The summed E-state index contributed by atoms with van der Waals surface area (Å²) in [7, 11) is 0. The number of carbonyl (C=O) groups excluding carboxylic acids is 2. The normalized spacial score (nSPS) is 22.2. The minimum atomic E-state index is -0.664. The van der Waals surface area contributed by atoms with E-state index in [9.17, 15) is 9.59 Å². The average molecular weight is 346 g/mol. The number of nitrogens with one attached hydrogen (secondary N) is 1. The fourth-order valence-corrected chi connectivity index (χ4v) is 4.08. The Bertz CT molecular complexity index is 666. The summed E-state index contributed by atoms with van der Waals surface area (Å²) in [5.74, 6) is -0.870. The van der Waals surface area contributed by atoms with Crippen LogP contribution in [0.4, 0.5) is 0 Å². The first-order chi connectivity index (χ1) is 11.4. The van der Waals surface area contributed by atoms with E-state index in [1.54, 1.807) is 24.3 Å². The van der Waals surface area contributed by atoms with Gasteiger partial charge in [0.05, 0.1) is 5.56 Å². The Labute approximate surface area is 146 Å². The summed E-state index contributed by atoms with van der Waals surface area (Å²) in [5.41, 5.74) is 2.47. The summed E-state index contributed by atoms with van der Waals surface area (Å²) in [5, 5.41) is 10.7. The van der Waals surface area contributed by atoms with Gasteiger partial charge in [-0.15, -0.1) is 0 Å². The van der Waals surface area contributed by atoms with Crippen LogP contribution in [0.3, 0.4) is 0 Å². The molecule has 1 aromatic rings. The molecule has 1 saturated carbocycles. The molecule has 0 radical (unpaired) electrons. The quantitative estimate of drug-likeness (QED) is 0.510. The second kappa shape index (κ2) is 7.71. The molecule has 1 amide bonds. The van der Waals surface area contributed by atoms with Gasteiger partial charge in [-0.25, -0.2) is 4.79 Å². The van der Waals surface area contributed by atoms with Crippen LogP contribution in [0, 0.1) is 27.9 Å². The second-order valence-electron chi connectivity index (χ2n) is 6.88. The van der Waals surface area contributed by atoms with Crippen molar-refractivity contribution in [1.29, 1.82) is 5.26 Å². The van der Waals surface area contributed by atoms with Gasteiger partial charge in [0.15, 0.2) is 0 Å². The van der Waals surface area contributed by atoms with Crippen molar-refractivity contribution in [2.45, 2.75) is 44.9 Å². The van der Waals surface area contributed by atoms with Crippen molar-refractivity contribution in [2.75, 3.05) is 0 Å². The predicted molar refractivity (Wildman–Crippen MR) is 91.8 cm³/mol. The van der Waals surface area contributed by atoms with Gasteiger partial charge in [-0.2, -0.15) is 10.7 Å². The molecule has 5 nitrogen and oxygen atoms in total. The highest BCUT2D eigenvalue weighted by atomic mass is 32.2. The summed E-state index contributed by atoms with van der Waals surface area (Å²) in [6.45, 7) is 6.22. The number of nitrogens with zero attached hydrogens (tertiary/aromatic N) is 1. The Kier molecular flexibility index (Phi) is 5.89. The Morgan fingerprint density at radius 2 is 2.08 bits per heavy atom. The van der Waals surface area contributed by atoms with Crippen molar-refractivity contribution >= 4 is 23.6 Å². The van der Waals surface area contributed by atoms with E-state index in [0.29, 0.717) is 4.90 Å². The molecule has 1 aliphatic carbocycles. The lowest BCUT2D eigenvalue weighted by molar-refractivity contribution is -0.142. The first-order valence-electron chi connectivity index (χ1n) is 8.03. The summed E-state index contributed by atoms with van der Waals surface area (Å²) in [6, 6.07) is 6.66. The molecule has 1 aromatic carbocycles. The van der Waals surface area contributed by atoms with Gasteiger partial charge in [0.25, 0.3) is 5.91 Å². The van der Waals surface area contributed by atoms with E-state index in [-0.39, 0.29) is 28.7 Å². The third kappa shape index (κ3) is 4.09. The third-order valence-corrected chi connectivity index (χ3v) is 5.35. The molecule has 2 atom stereocenters. The maximum absolute atomic E-state index is 12.5. The topological polar surface area (TPSA) is 79.2 Å². The molecule has 128 valence electrons. The summed E-state index contributed by atoms with van der Waals surface area (Å²) < 4.78 is 0. The minimum Gasteiger partial charge on any atom is -0.335 e. The molecule has 2 unspecified atom stereocenters. The Morgan fingerprint density at radius 1 is 1.38 bits per heavy atom. The average Bonchev–Trinajstić information content (AvgIpc) is 2.52. The van der Waals surface area contributed by atoms with Crippen LogP contribution in [0.15, 0.2) is 29.2 Å². The van der Waals surface area contributed by atoms with Crippen LogP contribution in [-0.2, 0) is 9.63 Å². The van der Waals surface area contributed by atoms with Crippen LogP contribution in [-0.4, -0.2) is 11.9 Å². The number of thiocyanates is 1. The highest BCUT2D eigenvalue weighted by Gasteiger charge is 2.42. The zero-order valence-electron chi connectivity index (χ0n) is 14.2. The van der Waals surface area contributed by atoms with Gasteiger partial charge in [0.1, 0.15) is 5.40 Å². The van der Waals surface area contributed by atoms with Gasteiger partial charge in [-0.3, -0.25) is 4.79 Å². The molecular formula is C18H22N2O3S. The molecule has 1 fully saturated rings. The molecule has 6 heteroatoms. The van der Waals surface area contributed by atoms with Crippen molar-refractivity contribution in [2.24, 2.45) is 17.3 Å². The van der Waals surface area contributed by atoms with Crippen molar-refractivity contribution in [3.05, 3.63) is 29.8 Å². The Hall–Kier alpha value is -2.00. The number of carbonyl (C=O) groups is 2. The molecule has 0 saturated heterocycles. The Balaban J connectivity index is 2.04. The zero-order chi connectivity index (χ0) is 17.7. The van der Waals surface area contributed by atoms with Crippen LogP contribution in [0.25, 0.3) is 0 Å². The van der Waals surface area contributed by atoms with Gasteiger partial charge < -0.3 is 4.84 Å². The van der Waals surface area contributed by atoms with Crippen LogP contribution in [0.1, 0.15) is 50.4 Å². The molecule has 24 heavy (non-hydrogen) atoms. The zero-order valence-corrected chi connectivity index (χ0v) is 15.0. The number of hydrogen-bond donors (Lipinski definition) is 1. The number of rotatable bonds is 3. The monoisotopic (exact) mass is 346 g/mol. The first-order valence-corrected chi connectivity index (χ1v) is 8.84. The van der Waals surface area contributed by atoms with Crippen molar-refractivity contribution < 1.29 is 14.4 Å². The number of amides is 1. The molecule has 0 bridgehead atoms. The van der Waals surface area contributed by atoms with E-state index in [1.165, 1.54) is 0 Å². The maximum Gasteiger partial charge on any atom is 0.364 e. The molecule has 0 aliphatic heterocycles. The van der Waals surface area contributed by atoms with Crippen LogP contribution in [0.2, 0.25) is 0 Å². The van der Waals surface area contributed by atoms with Gasteiger partial charge in [0, 0.05) is 10.8 Å². The number of hydroxylamine groups is 1. The lowest BCUT2D eigenvalue weighted by Crippen LogP contribution is -2.45. The molecule has 0 heterocycles. The highest BCUT2D eigenvalue weighted by Crippen LogP contribution is 2.43. The van der Waals surface area contributed by atoms with Gasteiger partial charge in [-0.05, 0) is 48.1 Å². The molecule has 2 rings (SSSR count). The lowest BCUT2D eigenvalue weighted by Gasteiger charge is -2.41. The molecule has 0 spiro atoms. The summed E-state index contributed by atoms with van der Waals surface area (Å²) in [6.07, 6.45) is 3.08. The fraction of sp³-hybridized carbons (Fsp3) is 0.500. The third-order valence-electron chi connectivity index (χ3n) is 4.68. The number of benzene rings is 1. The van der Waals surface area contributed by atoms with Crippen LogP contribution < -0.4 is 5.48 Å². The SMILES string of the molecule is CC1CCCC(C)(C)C1C(=O)NOC(=O)c1ccccc1SC#N. The van der Waals surface area contributed by atoms with Crippen LogP contribution in [0.5, 0.6) is 0 Å². The van der Waals surface area contributed by atoms with Gasteiger partial charge in [-0.1, -0.05) is 39.3 Å². The first kappa shape index (κ1) is 18.3. The van der Waals surface area contributed by atoms with Gasteiger partial charge >= 0.3 is 5.97 Å². The minimum absolute atomic E-state index is 0.122. The van der Waals surface area contributed by atoms with Crippen LogP contribution >= 0.6 is 11.8 Å². The maximum atomic E-state index is 12.5. The van der Waals surface area contributed by atoms with E-state index in [4.69, 9.17) is 10.1 Å². The van der Waals surface area contributed by atoms with E-state index in [2.05, 4.69) is 26.3 Å². The summed E-state index contributed by atoms with van der Waals surface area (Å²) in [4.78, 5) is 30.3.